The Bertz CT molecular complexity index is 384. The van der Waals surface area contributed by atoms with Crippen molar-refractivity contribution in [3.05, 3.63) is 29.6 Å². The molecular formula is C14H20FNO. The molecule has 0 spiro atoms. The lowest BCUT2D eigenvalue weighted by atomic mass is 9.97. The number of piperidine rings is 1. The summed E-state index contributed by atoms with van der Waals surface area (Å²) < 4.78 is 13.2. The first-order valence-electron chi connectivity index (χ1n) is 6.30. The highest BCUT2D eigenvalue weighted by molar-refractivity contribution is 5.55. The number of rotatable bonds is 2. The average molecular weight is 237 g/mol. The Labute approximate surface area is 102 Å². The van der Waals surface area contributed by atoms with Crippen LogP contribution in [-0.4, -0.2) is 18.2 Å². The standard InChI is InChI=1S/C14H20FNO/c1-10-5-7-16(8-6-10)14-4-3-12(15)9-13(14)11(2)17/h3-4,9-11,17H,5-8H2,1-2H3/t11-/m0/s1. The van der Waals surface area contributed by atoms with Crippen molar-refractivity contribution in [2.24, 2.45) is 5.92 Å². The van der Waals surface area contributed by atoms with E-state index in [1.807, 2.05) is 0 Å². The van der Waals surface area contributed by atoms with Crippen molar-refractivity contribution in [3.63, 3.8) is 0 Å². The molecule has 0 saturated carbocycles. The van der Waals surface area contributed by atoms with E-state index in [0.717, 1.165) is 37.5 Å². The highest BCUT2D eigenvalue weighted by Crippen LogP contribution is 2.30. The van der Waals surface area contributed by atoms with Gasteiger partial charge < -0.3 is 10.0 Å². The normalized spacial score (nSPS) is 19.4. The number of nitrogens with zero attached hydrogens (tertiary/aromatic N) is 1. The number of halogens is 1. The van der Waals surface area contributed by atoms with E-state index in [2.05, 4.69) is 11.8 Å². The molecule has 1 aliphatic heterocycles. The van der Waals surface area contributed by atoms with E-state index in [1.54, 1.807) is 13.0 Å². The second kappa shape index (κ2) is 5.05. The first kappa shape index (κ1) is 12.4. The van der Waals surface area contributed by atoms with Crippen molar-refractivity contribution in [2.45, 2.75) is 32.8 Å². The van der Waals surface area contributed by atoms with Gasteiger partial charge in [0.05, 0.1) is 6.10 Å². The quantitative estimate of drug-likeness (QED) is 0.854. The number of benzene rings is 1. The van der Waals surface area contributed by atoms with Crippen LogP contribution in [0.2, 0.25) is 0 Å². The predicted molar refractivity (Wildman–Crippen MR) is 67.6 cm³/mol. The van der Waals surface area contributed by atoms with Gasteiger partial charge in [0.2, 0.25) is 0 Å². The Kier molecular flexibility index (Phi) is 3.67. The Balaban J connectivity index is 2.25. The number of anilines is 1. The van der Waals surface area contributed by atoms with Gasteiger partial charge in [0.1, 0.15) is 5.82 Å². The minimum Gasteiger partial charge on any atom is -0.389 e. The zero-order valence-corrected chi connectivity index (χ0v) is 10.5. The molecule has 0 bridgehead atoms. The lowest BCUT2D eigenvalue weighted by Gasteiger charge is -2.34. The maximum absolute atomic E-state index is 13.2. The summed E-state index contributed by atoms with van der Waals surface area (Å²) in [7, 11) is 0. The minimum atomic E-state index is -0.625. The van der Waals surface area contributed by atoms with E-state index in [0.29, 0.717) is 5.56 Å². The topological polar surface area (TPSA) is 23.5 Å². The molecule has 2 nitrogen and oxygen atoms in total. The van der Waals surface area contributed by atoms with E-state index in [-0.39, 0.29) is 5.82 Å². The molecule has 1 heterocycles. The zero-order chi connectivity index (χ0) is 12.4. The molecule has 17 heavy (non-hydrogen) atoms. The molecule has 0 aromatic heterocycles. The summed E-state index contributed by atoms with van der Waals surface area (Å²) in [6.07, 6.45) is 1.70. The number of aliphatic hydroxyl groups excluding tert-OH is 1. The second-order valence-electron chi connectivity index (χ2n) is 5.05. The average Bonchev–Trinajstić information content (AvgIpc) is 2.30. The third kappa shape index (κ3) is 2.78. The third-order valence-electron chi connectivity index (χ3n) is 3.56. The molecule has 1 aliphatic rings. The van der Waals surface area contributed by atoms with Crippen LogP contribution in [0.25, 0.3) is 0 Å². The number of hydrogen-bond acceptors (Lipinski definition) is 2. The maximum atomic E-state index is 13.2. The highest BCUT2D eigenvalue weighted by atomic mass is 19.1. The van der Waals surface area contributed by atoms with E-state index in [1.165, 1.54) is 12.1 Å². The smallest absolute Gasteiger partial charge is 0.123 e. The molecule has 1 atom stereocenters. The fraction of sp³-hybridized carbons (Fsp3) is 0.571. The summed E-state index contributed by atoms with van der Waals surface area (Å²) in [6.45, 7) is 5.93. The Morgan fingerprint density at radius 1 is 1.35 bits per heavy atom. The second-order valence-corrected chi connectivity index (χ2v) is 5.05. The fourth-order valence-corrected chi connectivity index (χ4v) is 2.40. The van der Waals surface area contributed by atoms with Gasteiger partial charge in [0, 0.05) is 24.3 Å². The van der Waals surface area contributed by atoms with Gasteiger partial charge in [-0.25, -0.2) is 4.39 Å². The SMILES string of the molecule is CC1CCN(c2ccc(F)cc2[C@H](C)O)CC1. The van der Waals surface area contributed by atoms with Crippen molar-refractivity contribution in [1.29, 1.82) is 0 Å². The summed E-state index contributed by atoms with van der Waals surface area (Å²) in [5, 5.41) is 9.72. The van der Waals surface area contributed by atoms with Crippen LogP contribution in [0, 0.1) is 11.7 Å². The Morgan fingerprint density at radius 2 is 2.00 bits per heavy atom. The molecule has 1 N–H and O–H groups in total. The van der Waals surface area contributed by atoms with Gasteiger partial charge in [0.25, 0.3) is 0 Å². The molecule has 1 saturated heterocycles. The van der Waals surface area contributed by atoms with Crippen LogP contribution in [0.4, 0.5) is 10.1 Å². The van der Waals surface area contributed by atoms with E-state index >= 15 is 0 Å². The summed E-state index contributed by atoms with van der Waals surface area (Å²) in [5.41, 5.74) is 1.67. The highest BCUT2D eigenvalue weighted by Gasteiger charge is 2.20. The maximum Gasteiger partial charge on any atom is 0.123 e. The van der Waals surface area contributed by atoms with E-state index in [4.69, 9.17) is 0 Å². The van der Waals surface area contributed by atoms with Crippen LogP contribution >= 0.6 is 0 Å². The van der Waals surface area contributed by atoms with Gasteiger partial charge in [-0.15, -0.1) is 0 Å². The number of hydrogen-bond donors (Lipinski definition) is 1. The first-order chi connectivity index (χ1) is 8.08. The van der Waals surface area contributed by atoms with Crippen LogP contribution in [0.1, 0.15) is 38.4 Å². The molecule has 2 rings (SSSR count). The van der Waals surface area contributed by atoms with Gasteiger partial charge in [-0.05, 0) is 43.9 Å². The Morgan fingerprint density at radius 3 is 2.59 bits per heavy atom. The molecule has 1 aromatic rings. The van der Waals surface area contributed by atoms with Crippen LogP contribution in [-0.2, 0) is 0 Å². The largest absolute Gasteiger partial charge is 0.389 e. The minimum absolute atomic E-state index is 0.282. The summed E-state index contributed by atoms with van der Waals surface area (Å²) >= 11 is 0. The van der Waals surface area contributed by atoms with Crippen molar-refractivity contribution >= 4 is 5.69 Å². The van der Waals surface area contributed by atoms with Crippen LogP contribution in [0.5, 0.6) is 0 Å². The van der Waals surface area contributed by atoms with Gasteiger partial charge in [-0.3, -0.25) is 0 Å². The van der Waals surface area contributed by atoms with Crippen molar-refractivity contribution in [1.82, 2.24) is 0 Å². The van der Waals surface area contributed by atoms with Crippen molar-refractivity contribution in [2.75, 3.05) is 18.0 Å². The van der Waals surface area contributed by atoms with Gasteiger partial charge >= 0.3 is 0 Å². The molecule has 0 radical (unpaired) electrons. The zero-order valence-electron chi connectivity index (χ0n) is 10.5. The molecule has 0 amide bonds. The van der Waals surface area contributed by atoms with Crippen molar-refractivity contribution in [3.8, 4) is 0 Å². The lowest BCUT2D eigenvalue weighted by molar-refractivity contribution is 0.199. The fourth-order valence-electron chi connectivity index (χ4n) is 2.40. The Hall–Kier alpha value is -1.09. The monoisotopic (exact) mass is 237 g/mol. The molecular weight excluding hydrogens is 217 g/mol. The molecule has 1 fully saturated rings. The van der Waals surface area contributed by atoms with E-state index in [9.17, 15) is 9.50 Å². The molecule has 94 valence electrons. The molecule has 1 aromatic carbocycles. The van der Waals surface area contributed by atoms with Crippen molar-refractivity contribution < 1.29 is 9.50 Å². The van der Waals surface area contributed by atoms with Crippen LogP contribution < -0.4 is 4.90 Å². The summed E-state index contributed by atoms with van der Waals surface area (Å²) in [5.74, 6) is 0.483. The molecule has 3 heteroatoms. The van der Waals surface area contributed by atoms with E-state index < -0.39 is 6.10 Å². The van der Waals surface area contributed by atoms with Crippen LogP contribution in [0.3, 0.4) is 0 Å². The molecule has 0 aliphatic carbocycles. The summed E-state index contributed by atoms with van der Waals surface area (Å²) in [6, 6.07) is 4.70. The third-order valence-corrected chi connectivity index (χ3v) is 3.56. The van der Waals surface area contributed by atoms with Gasteiger partial charge in [-0.2, -0.15) is 0 Å². The predicted octanol–water partition coefficient (Wildman–Crippen LogP) is 3.12. The van der Waals surface area contributed by atoms with Gasteiger partial charge in [0.15, 0.2) is 0 Å². The molecule has 0 unspecified atom stereocenters. The van der Waals surface area contributed by atoms with Crippen LogP contribution in [0.15, 0.2) is 18.2 Å². The first-order valence-corrected chi connectivity index (χ1v) is 6.30. The van der Waals surface area contributed by atoms with Gasteiger partial charge in [-0.1, -0.05) is 6.92 Å². The lowest BCUT2D eigenvalue weighted by Crippen LogP contribution is -2.33. The summed E-state index contributed by atoms with van der Waals surface area (Å²) in [4.78, 5) is 2.25. The number of aliphatic hydroxyl groups is 1.